The lowest BCUT2D eigenvalue weighted by molar-refractivity contribution is 1.15. The molecular weight excluding hydrogens is 270 g/mol. The monoisotopic (exact) mass is 281 g/mol. The summed E-state index contributed by atoms with van der Waals surface area (Å²) in [6, 6.07) is 8.37. The van der Waals surface area contributed by atoms with Crippen LogP contribution in [0, 0.1) is 0 Å². The van der Waals surface area contributed by atoms with Crippen LogP contribution in [0.4, 0.5) is 0 Å². The van der Waals surface area contributed by atoms with E-state index in [1.807, 2.05) is 17.8 Å². The molecule has 0 radical (unpaired) electrons. The van der Waals surface area contributed by atoms with E-state index in [-0.39, 0.29) is 12.4 Å². The van der Waals surface area contributed by atoms with Crippen LogP contribution in [-0.4, -0.2) is 12.3 Å². The number of hydrogen-bond acceptors (Lipinski definition) is 2. The largest absolute Gasteiger partial charge is 0.330 e. The van der Waals surface area contributed by atoms with Gasteiger partial charge in [-0.2, -0.15) is 11.8 Å². The fourth-order valence-electron chi connectivity index (χ4n) is 0.900. The molecule has 1 nitrogen and oxygen atoms in total. The van der Waals surface area contributed by atoms with Gasteiger partial charge in [-0.1, -0.05) is 28.1 Å². The zero-order valence-electron chi connectivity index (χ0n) is 7.20. The van der Waals surface area contributed by atoms with Crippen molar-refractivity contribution in [3.63, 3.8) is 0 Å². The van der Waals surface area contributed by atoms with Crippen LogP contribution < -0.4 is 5.73 Å². The Balaban J connectivity index is 0.00000144. The van der Waals surface area contributed by atoms with Crippen LogP contribution in [-0.2, 0) is 5.75 Å². The molecule has 1 rings (SSSR count). The van der Waals surface area contributed by atoms with Gasteiger partial charge in [-0.15, -0.1) is 12.4 Å². The number of rotatable bonds is 4. The minimum Gasteiger partial charge on any atom is -0.330 e. The molecular formula is C9H13BrClNS. The number of halogens is 2. The molecule has 0 spiro atoms. The van der Waals surface area contributed by atoms with Crippen LogP contribution in [0.2, 0.25) is 0 Å². The van der Waals surface area contributed by atoms with Crippen LogP contribution in [0.25, 0.3) is 0 Å². The van der Waals surface area contributed by atoms with Crippen LogP contribution in [0.1, 0.15) is 5.56 Å². The van der Waals surface area contributed by atoms with Gasteiger partial charge in [-0.25, -0.2) is 0 Å². The molecule has 0 bridgehead atoms. The molecule has 0 aliphatic rings. The smallest absolute Gasteiger partial charge is 0.0185 e. The molecule has 4 heteroatoms. The van der Waals surface area contributed by atoms with Gasteiger partial charge in [0.1, 0.15) is 0 Å². The molecule has 0 aliphatic carbocycles. The van der Waals surface area contributed by atoms with Crippen molar-refractivity contribution in [3.8, 4) is 0 Å². The number of thioether (sulfide) groups is 1. The summed E-state index contributed by atoms with van der Waals surface area (Å²) in [5, 5.41) is 0. The van der Waals surface area contributed by atoms with Crippen molar-refractivity contribution in [3.05, 3.63) is 34.3 Å². The van der Waals surface area contributed by atoms with E-state index in [0.717, 1.165) is 22.5 Å². The summed E-state index contributed by atoms with van der Waals surface area (Å²) in [7, 11) is 0. The molecule has 0 amide bonds. The highest BCUT2D eigenvalue weighted by Crippen LogP contribution is 2.16. The van der Waals surface area contributed by atoms with E-state index in [4.69, 9.17) is 5.73 Å². The maximum atomic E-state index is 5.39. The molecule has 0 saturated heterocycles. The van der Waals surface area contributed by atoms with E-state index in [9.17, 15) is 0 Å². The molecule has 0 aliphatic heterocycles. The lowest BCUT2D eigenvalue weighted by atomic mass is 10.2. The molecule has 2 N–H and O–H groups in total. The minimum atomic E-state index is 0. The third-order valence-corrected chi connectivity index (χ3v) is 2.98. The summed E-state index contributed by atoms with van der Waals surface area (Å²) in [6.45, 7) is 0.763. The molecule has 13 heavy (non-hydrogen) atoms. The average molecular weight is 283 g/mol. The van der Waals surface area contributed by atoms with Crippen molar-refractivity contribution < 1.29 is 0 Å². The standard InChI is InChI=1S/C9H12BrNS.ClH/c10-9-3-1-2-8(6-9)7-12-5-4-11;/h1-3,6H,4-5,7,11H2;1H. The van der Waals surface area contributed by atoms with Crippen molar-refractivity contribution in [2.24, 2.45) is 5.73 Å². The third-order valence-electron chi connectivity index (χ3n) is 1.42. The summed E-state index contributed by atoms with van der Waals surface area (Å²) in [5.74, 6) is 2.09. The second kappa shape index (κ2) is 7.68. The Hall–Kier alpha value is 0.300. The van der Waals surface area contributed by atoms with Gasteiger partial charge in [0, 0.05) is 22.5 Å². The summed E-state index contributed by atoms with van der Waals surface area (Å²) in [5.41, 5.74) is 6.74. The number of nitrogens with two attached hydrogens (primary N) is 1. The maximum Gasteiger partial charge on any atom is 0.0185 e. The number of hydrogen-bond donors (Lipinski definition) is 1. The van der Waals surface area contributed by atoms with Crippen molar-refractivity contribution in [2.45, 2.75) is 5.75 Å². The third kappa shape index (κ3) is 5.57. The average Bonchev–Trinajstić information content (AvgIpc) is 2.05. The Morgan fingerprint density at radius 2 is 2.15 bits per heavy atom. The van der Waals surface area contributed by atoms with E-state index in [1.54, 1.807) is 0 Å². The normalized spacial score (nSPS) is 9.38. The summed E-state index contributed by atoms with van der Waals surface area (Å²) in [4.78, 5) is 0. The van der Waals surface area contributed by atoms with Gasteiger partial charge in [0.05, 0.1) is 0 Å². The van der Waals surface area contributed by atoms with Gasteiger partial charge >= 0.3 is 0 Å². The van der Waals surface area contributed by atoms with Crippen molar-refractivity contribution in [1.29, 1.82) is 0 Å². The first-order chi connectivity index (χ1) is 5.83. The predicted octanol–water partition coefficient (Wildman–Crippen LogP) is 3.06. The molecule has 0 heterocycles. The van der Waals surface area contributed by atoms with E-state index in [0.29, 0.717) is 0 Å². The van der Waals surface area contributed by atoms with Crippen molar-refractivity contribution in [1.82, 2.24) is 0 Å². The van der Waals surface area contributed by atoms with E-state index in [1.165, 1.54) is 5.56 Å². The highest BCUT2D eigenvalue weighted by Gasteiger charge is 1.93. The first-order valence-electron chi connectivity index (χ1n) is 3.85. The van der Waals surface area contributed by atoms with Gasteiger partial charge in [0.2, 0.25) is 0 Å². The zero-order valence-corrected chi connectivity index (χ0v) is 10.4. The number of benzene rings is 1. The van der Waals surface area contributed by atoms with Crippen LogP contribution in [0.15, 0.2) is 28.7 Å². The lowest BCUT2D eigenvalue weighted by Gasteiger charge is -2.00. The van der Waals surface area contributed by atoms with Gasteiger partial charge in [-0.05, 0) is 17.7 Å². The Morgan fingerprint density at radius 1 is 1.38 bits per heavy atom. The molecule has 0 fully saturated rings. The molecule has 0 unspecified atom stereocenters. The molecule has 0 atom stereocenters. The summed E-state index contributed by atoms with van der Waals surface area (Å²) >= 11 is 5.31. The Labute approximate surface area is 98.0 Å². The maximum absolute atomic E-state index is 5.39. The first-order valence-corrected chi connectivity index (χ1v) is 5.80. The van der Waals surface area contributed by atoms with Crippen molar-refractivity contribution in [2.75, 3.05) is 12.3 Å². The lowest BCUT2D eigenvalue weighted by Crippen LogP contribution is -2.01. The zero-order chi connectivity index (χ0) is 8.81. The summed E-state index contributed by atoms with van der Waals surface area (Å²) in [6.07, 6.45) is 0. The Kier molecular flexibility index (Phi) is 7.86. The highest BCUT2D eigenvalue weighted by atomic mass is 79.9. The van der Waals surface area contributed by atoms with E-state index < -0.39 is 0 Å². The van der Waals surface area contributed by atoms with E-state index in [2.05, 4.69) is 34.1 Å². The van der Waals surface area contributed by atoms with Crippen LogP contribution >= 0.6 is 40.1 Å². The Bertz CT molecular complexity index is 245. The highest BCUT2D eigenvalue weighted by molar-refractivity contribution is 9.10. The van der Waals surface area contributed by atoms with E-state index >= 15 is 0 Å². The topological polar surface area (TPSA) is 26.0 Å². The van der Waals surface area contributed by atoms with Gasteiger partial charge < -0.3 is 5.73 Å². The van der Waals surface area contributed by atoms with Crippen molar-refractivity contribution >= 4 is 40.1 Å². The Morgan fingerprint density at radius 3 is 2.77 bits per heavy atom. The molecule has 74 valence electrons. The van der Waals surface area contributed by atoms with Crippen LogP contribution in [0.5, 0.6) is 0 Å². The molecule has 1 aromatic carbocycles. The minimum absolute atomic E-state index is 0. The second-order valence-electron chi connectivity index (χ2n) is 2.47. The summed E-state index contributed by atoms with van der Waals surface area (Å²) < 4.78 is 1.15. The first kappa shape index (κ1) is 13.3. The van der Waals surface area contributed by atoms with Gasteiger partial charge in [0.15, 0.2) is 0 Å². The molecule has 0 aromatic heterocycles. The SMILES string of the molecule is Cl.NCCSCc1cccc(Br)c1. The van der Waals surface area contributed by atoms with Crippen LogP contribution in [0.3, 0.4) is 0 Å². The molecule has 0 saturated carbocycles. The second-order valence-corrected chi connectivity index (χ2v) is 4.49. The quantitative estimate of drug-likeness (QED) is 0.859. The predicted molar refractivity (Wildman–Crippen MR) is 66.6 cm³/mol. The van der Waals surface area contributed by atoms with Gasteiger partial charge in [-0.3, -0.25) is 0 Å². The molecule has 1 aromatic rings. The fraction of sp³-hybridized carbons (Fsp3) is 0.333. The fourth-order valence-corrected chi connectivity index (χ4v) is 2.07. The van der Waals surface area contributed by atoms with Gasteiger partial charge in [0.25, 0.3) is 0 Å².